The van der Waals surface area contributed by atoms with Gasteiger partial charge in [-0.25, -0.2) is 4.98 Å². The van der Waals surface area contributed by atoms with Gasteiger partial charge in [0.1, 0.15) is 11.8 Å². The van der Waals surface area contributed by atoms with Gasteiger partial charge in [-0.3, -0.25) is 0 Å². The van der Waals surface area contributed by atoms with Crippen molar-refractivity contribution in [2.24, 2.45) is 0 Å². The number of aromatic nitrogens is 1. The second-order valence-electron chi connectivity index (χ2n) is 3.75. The molecule has 0 spiro atoms. The fourth-order valence-corrected chi connectivity index (χ4v) is 1.90. The second-order valence-corrected chi connectivity index (χ2v) is 4.27. The largest absolute Gasteiger partial charge is 0.245 e. The Morgan fingerprint density at radius 3 is 2.53 bits per heavy atom. The molecule has 0 amide bonds. The average molecular weight is 243 g/mol. The molecule has 0 saturated heterocycles. The van der Waals surface area contributed by atoms with Gasteiger partial charge in [-0.15, -0.1) is 11.6 Å². The fourth-order valence-electron chi connectivity index (χ4n) is 1.60. The highest BCUT2D eigenvalue weighted by Crippen LogP contribution is 2.24. The van der Waals surface area contributed by atoms with E-state index < -0.39 is 0 Å². The monoisotopic (exact) mass is 242 g/mol. The molecule has 1 aromatic heterocycles. The van der Waals surface area contributed by atoms with Crippen molar-refractivity contribution in [1.82, 2.24) is 4.98 Å². The van der Waals surface area contributed by atoms with Gasteiger partial charge in [0.25, 0.3) is 0 Å². The molecule has 0 radical (unpaired) electrons. The lowest BCUT2D eigenvalue weighted by atomic mass is 10.1. The molecular formula is C14H11ClN2. The molecule has 0 bridgehead atoms. The number of halogens is 1. The third kappa shape index (κ3) is 3.05. The summed E-state index contributed by atoms with van der Waals surface area (Å²) in [5.74, 6) is 0. The molecule has 0 N–H and O–H groups in total. The molecule has 0 aliphatic carbocycles. The van der Waals surface area contributed by atoms with Gasteiger partial charge in [0.2, 0.25) is 0 Å². The maximum Gasteiger partial charge on any atom is 0.140 e. The average Bonchev–Trinajstić information content (AvgIpc) is 2.40. The summed E-state index contributed by atoms with van der Waals surface area (Å²) in [7, 11) is 0. The Bertz CT molecular complexity index is 514. The number of rotatable bonds is 3. The van der Waals surface area contributed by atoms with Crippen LogP contribution in [0.15, 0.2) is 48.7 Å². The number of hydrogen-bond acceptors (Lipinski definition) is 2. The fraction of sp³-hybridized carbons (Fsp3) is 0.143. The molecule has 2 nitrogen and oxygen atoms in total. The highest BCUT2D eigenvalue weighted by Gasteiger charge is 2.09. The van der Waals surface area contributed by atoms with Crippen LogP contribution in [0, 0.1) is 11.3 Å². The summed E-state index contributed by atoms with van der Waals surface area (Å²) in [5.41, 5.74) is 2.55. The minimum absolute atomic E-state index is 0.113. The van der Waals surface area contributed by atoms with Gasteiger partial charge < -0.3 is 0 Å². The van der Waals surface area contributed by atoms with Crippen molar-refractivity contribution in [1.29, 1.82) is 5.26 Å². The molecule has 2 rings (SSSR count). The van der Waals surface area contributed by atoms with Crippen LogP contribution in [0.3, 0.4) is 0 Å². The van der Waals surface area contributed by atoms with Gasteiger partial charge in [-0.1, -0.05) is 36.4 Å². The standard InChI is InChI=1S/C14H11ClN2/c15-14(8-11-4-2-1-3-5-11)12-6-7-13(9-16)17-10-12/h1-7,10,14H,8H2. The smallest absolute Gasteiger partial charge is 0.140 e. The topological polar surface area (TPSA) is 36.7 Å². The first kappa shape index (κ1) is 11.6. The zero-order chi connectivity index (χ0) is 12.1. The summed E-state index contributed by atoms with van der Waals surface area (Å²) in [5, 5.41) is 8.54. The predicted molar refractivity (Wildman–Crippen MR) is 67.7 cm³/mol. The van der Waals surface area contributed by atoms with Crippen molar-refractivity contribution in [2.45, 2.75) is 11.8 Å². The Hall–Kier alpha value is -1.85. The van der Waals surface area contributed by atoms with Crippen LogP contribution in [0.5, 0.6) is 0 Å². The van der Waals surface area contributed by atoms with Gasteiger partial charge >= 0.3 is 0 Å². The van der Waals surface area contributed by atoms with E-state index in [4.69, 9.17) is 16.9 Å². The van der Waals surface area contributed by atoms with Crippen LogP contribution in [0.1, 0.15) is 22.2 Å². The van der Waals surface area contributed by atoms with Crippen molar-refractivity contribution >= 4 is 11.6 Å². The highest BCUT2D eigenvalue weighted by molar-refractivity contribution is 6.20. The first-order valence-electron chi connectivity index (χ1n) is 5.33. The Morgan fingerprint density at radius 1 is 1.18 bits per heavy atom. The molecule has 1 unspecified atom stereocenters. The van der Waals surface area contributed by atoms with Crippen LogP contribution in [-0.4, -0.2) is 4.98 Å². The van der Waals surface area contributed by atoms with Crippen LogP contribution in [0.4, 0.5) is 0 Å². The molecule has 2 aromatic rings. The van der Waals surface area contributed by atoms with E-state index >= 15 is 0 Å². The summed E-state index contributed by atoms with van der Waals surface area (Å²) >= 11 is 6.31. The number of hydrogen-bond donors (Lipinski definition) is 0. The van der Waals surface area contributed by atoms with Crippen LogP contribution >= 0.6 is 11.6 Å². The van der Waals surface area contributed by atoms with Crippen molar-refractivity contribution in [2.75, 3.05) is 0 Å². The summed E-state index contributed by atoms with van der Waals surface area (Å²) in [6.07, 6.45) is 2.43. The lowest BCUT2D eigenvalue weighted by molar-refractivity contribution is 0.910. The zero-order valence-corrected chi connectivity index (χ0v) is 9.93. The third-order valence-corrected chi connectivity index (χ3v) is 2.93. The van der Waals surface area contributed by atoms with Crippen LogP contribution < -0.4 is 0 Å². The van der Waals surface area contributed by atoms with Crippen LogP contribution in [-0.2, 0) is 6.42 Å². The van der Waals surface area contributed by atoms with Gasteiger partial charge in [0.15, 0.2) is 0 Å². The normalized spacial score (nSPS) is 11.8. The number of alkyl halides is 1. The lowest BCUT2D eigenvalue weighted by Crippen LogP contribution is -1.97. The molecule has 1 aromatic carbocycles. The highest BCUT2D eigenvalue weighted by atomic mass is 35.5. The van der Waals surface area contributed by atoms with Crippen molar-refractivity contribution in [3.05, 3.63) is 65.5 Å². The van der Waals surface area contributed by atoms with E-state index in [0.29, 0.717) is 5.69 Å². The third-order valence-electron chi connectivity index (χ3n) is 2.52. The van der Waals surface area contributed by atoms with Gasteiger partial charge in [-0.05, 0) is 23.6 Å². The molecule has 0 aliphatic heterocycles. The second kappa shape index (κ2) is 5.47. The molecule has 84 valence electrons. The Labute approximate surface area is 105 Å². The minimum Gasteiger partial charge on any atom is -0.245 e. The number of pyridine rings is 1. The molecule has 1 atom stereocenters. The molecular weight excluding hydrogens is 232 g/mol. The van der Waals surface area contributed by atoms with E-state index in [1.807, 2.05) is 42.5 Å². The number of nitrogens with zero attached hydrogens (tertiary/aromatic N) is 2. The Balaban J connectivity index is 2.10. The van der Waals surface area contributed by atoms with E-state index in [0.717, 1.165) is 12.0 Å². The van der Waals surface area contributed by atoms with Gasteiger partial charge in [-0.2, -0.15) is 5.26 Å². The molecule has 1 heterocycles. The molecule has 0 saturated carbocycles. The lowest BCUT2D eigenvalue weighted by Gasteiger charge is -2.09. The maximum atomic E-state index is 8.66. The summed E-state index contributed by atoms with van der Waals surface area (Å²) in [4.78, 5) is 4.01. The first-order valence-corrected chi connectivity index (χ1v) is 5.77. The van der Waals surface area contributed by atoms with Gasteiger partial charge in [0, 0.05) is 6.20 Å². The predicted octanol–water partition coefficient (Wildman–Crippen LogP) is 3.48. The maximum absolute atomic E-state index is 8.66. The summed E-state index contributed by atoms with van der Waals surface area (Å²) < 4.78 is 0. The van der Waals surface area contributed by atoms with E-state index in [2.05, 4.69) is 4.98 Å². The van der Waals surface area contributed by atoms with Gasteiger partial charge in [0.05, 0.1) is 5.38 Å². The minimum atomic E-state index is -0.113. The van der Waals surface area contributed by atoms with E-state index in [-0.39, 0.29) is 5.38 Å². The molecule has 3 heteroatoms. The molecule has 17 heavy (non-hydrogen) atoms. The van der Waals surface area contributed by atoms with Crippen molar-refractivity contribution in [3.8, 4) is 6.07 Å². The van der Waals surface area contributed by atoms with Crippen LogP contribution in [0.2, 0.25) is 0 Å². The zero-order valence-electron chi connectivity index (χ0n) is 9.18. The van der Waals surface area contributed by atoms with E-state index in [1.54, 1.807) is 12.3 Å². The van der Waals surface area contributed by atoms with Crippen molar-refractivity contribution in [3.63, 3.8) is 0 Å². The molecule has 0 fully saturated rings. The first-order chi connectivity index (χ1) is 8.29. The van der Waals surface area contributed by atoms with E-state index in [9.17, 15) is 0 Å². The summed E-state index contributed by atoms with van der Waals surface area (Å²) in [6, 6.07) is 15.6. The van der Waals surface area contributed by atoms with E-state index in [1.165, 1.54) is 5.56 Å². The SMILES string of the molecule is N#Cc1ccc(C(Cl)Cc2ccccc2)cn1. The summed E-state index contributed by atoms with van der Waals surface area (Å²) in [6.45, 7) is 0. The quantitative estimate of drug-likeness (QED) is 0.773. The Kier molecular flexibility index (Phi) is 3.74. The number of benzene rings is 1. The van der Waals surface area contributed by atoms with Crippen molar-refractivity contribution < 1.29 is 0 Å². The molecule has 0 aliphatic rings. The number of nitriles is 1. The Morgan fingerprint density at radius 2 is 1.94 bits per heavy atom. The van der Waals surface area contributed by atoms with Crippen LogP contribution in [0.25, 0.3) is 0 Å².